The van der Waals surface area contributed by atoms with Crippen LogP contribution in [-0.2, 0) is 0 Å². The Morgan fingerprint density at radius 1 is 1.21 bits per heavy atom. The predicted molar refractivity (Wildman–Crippen MR) is 79.3 cm³/mol. The summed E-state index contributed by atoms with van der Waals surface area (Å²) < 4.78 is 19.0. The predicted octanol–water partition coefficient (Wildman–Crippen LogP) is 4.39. The highest BCUT2D eigenvalue weighted by Crippen LogP contribution is 2.21. The molecule has 0 aliphatic rings. The van der Waals surface area contributed by atoms with Gasteiger partial charge in [0.2, 0.25) is 0 Å². The standard InChI is InChI=1S/C15H15BrFNO/c1-11-4-2-3-5-15(11)18-8-9-19-12-6-7-14(17)13(16)10-12/h2-7,10,18H,8-9H2,1H3. The molecule has 0 aliphatic carbocycles. The third-order valence-electron chi connectivity index (χ3n) is 2.72. The topological polar surface area (TPSA) is 21.3 Å². The molecule has 0 saturated heterocycles. The molecule has 0 bridgehead atoms. The van der Waals surface area contributed by atoms with Crippen LogP contribution in [0.5, 0.6) is 5.75 Å². The Kier molecular flexibility index (Phi) is 4.80. The third kappa shape index (κ3) is 3.96. The third-order valence-corrected chi connectivity index (χ3v) is 3.33. The average Bonchev–Trinajstić information content (AvgIpc) is 2.40. The van der Waals surface area contributed by atoms with Gasteiger partial charge in [-0.2, -0.15) is 0 Å². The van der Waals surface area contributed by atoms with Crippen molar-refractivity contribution in [3.05, 3.63) is 58.3 Å². The summed E-state index contributed by atoms with van der Waals surface area (Å²) in [6.45, 7) is 3.27. The van der Waals surface area contributed by atoms with Crippen LogP contribution < -0.4 is 10.1 Å². The molecule has 0 saturated carbocycles. The number of hydrogen-bond donors (Lipinski definition) is 1. The lowest BCUT2D eigenvalue weighted by Gasteiger charge is -2.10. The van der Waals surface area contributed by atoms with Gasteiger partial charge < -0.3 is 10.1 Å². The molecule has 2 aromatic carbocycles. The zero-order valence-electron chi connectivity index (χ0n) is 10.6. The van der Waals surface area contributed by atoms with E-state index in [0.29, 0.717) is 23.4 Å². The first-order chi connectivity index (χ1) is 9.16. The minimum atomic E-state index is -0.287. The summed E-state index contributed by atoms with van der Waals surface area (Å²) in [4.78, 5) is 0. The van der Waals surface area contributed by atoms with E-state index in [4.69, 9.17) is 4.74 Å². The fraction of sp³-hybridized carbons (Fsp3) is 0.200. The highest BCUT2D eigenvalue weighted by molar-refractivity contribution is 9.10. The molecular weight excluding hydrogens is 309 g/mol. The summed E-state index contributed by atoms with van der Waals surface area (Å²) in [5.74, 6) is 0.366. The molecular formula is C15H15BrFNO. The Bertz CT molecular complexity index is 560. The zero-order valence-corrected chi connectivity index (χ0v) is 12.2. The first-order valence-electron chi connectivity index (χ1n) is 6.04. The number of halogens is 2. The summed E-state index contributed by atoms with van der Waals surface area (Å²) >= 11 is 3.13. The van der Waals surface area contributed by atoms with Gasteiger partial charge in [0.05, 0.1) is 4.47 Å². The molecule has 0 unspecified atom stereocenters. The van der Waals surface area contributed by atoms with Crippen LogP contribution in [0.15, 0.2) is 46.9 Å². The van der Waals surface area contributed by atoms with Gasteiger partial charge in [0.1, 0.15) is 18.2 Å². The van der Waals surface area contributed by atoms with E-state index in [9.17, 15) is 4.39 Å². The minimum Gasteiger partial charge on any atom is -0.492 e. The molecule has 0 spiro atoms. The van der Waals surface area contributed by atoms with E-state index in [-0.39, 0.29) is 5.82 Å². The van der Waals surface area contributed by atoms with Gasteiger partial charge in [-0.25, -0.2) is 4.39 Å². The molecule has 4 heteroatoms. The second-order valence-corrected chi connectivity index (χ2v) is 5.02. The number of aryl methyl sites for hydroxylation is 1. The van der Waals surface area contributed by atoms with E-state index in [2.05, 4.69) is 34.2 Å². The van der Waals surface area contributed by atoms with E-state index >= 15 is 0 Å². The first-order valence-corrected chi connectivity index (χ1v) is 6.83. The van der Waals surface area contributed by atoms with E-state index in [1.54, 1.807) is 12.1 Å². The Morgan fingerprint density at radius 2 is 2.00 bits per heavy atom. The van der Waals surface area contributed by atoms with Gasteiger partial charge >= 0.3 is 0 Å². The highest BCUT2D eigenvalue weighted by atomic mass is 79.9. The van der Waals surface area contributed by atoms with Crippen molar-refractivity contribution in [2.75, 3.05) is 18.5 Å². The maximum atomic E-state index is 13.0. The van der Waals surface area contributed by atoms with Crippen molar-refractivity contribution in [3.63, 3.8) is 0 Å². The van der Waals surface area contributed by atoms with Crippen molar-refractivity contribution >= 4 is 21.6 Å². The van der Waals surface area contributed by atoms with Gasteiger partial charge in [-0.3, -0.25) is 0 Å². The molecule has 1 N–H and O–H groups in total. The van der Waals surface area contributed by atoms with E-state index in [1.165, 1.54) is 11.6 Å². The van der Waals surface area contributed by atoms with E-state index in [1.807, 2.05) is 18.2 Å². The van der Waals surface area contributed by atoms with Gasteiger partial charge in [-0.05, 0) is 52.7 Å². The fourth-order valence-electron chi connectivity index (χ4n) is 1.69. The zero-order chi connectivity index (χ0) is 13.7. The molecule has 2 aromatic rings. The summed E-state index contributed by atoms with van der Waals surface area (Å²) in [6, 6.07) is 12.7. The summed E-state index contributed by atoms with van der Waals surface area (Å²) in [5, 5.41) is 3.30. The van der Waals surface area contributed by atoms with Crippen molar-refractivity contribution < 1.29 is 9.13 Å². The van der Waals surface area contributed by atoms with Gasteiger partial charge in [-0.1, -0.05) is 18.2 Å². The van der Waals surface area contributed by atoms with E-state index < -0.39 is 0 Å². The van der Waals surface area contributed by atoms with Crippen LogP contribution in [0, 0.1) is 12.7 Å². The average molecular weight is 324 g/mol. The molecule has 0 amide bonds. The van der Waals surface area contributed by atoms with E-state index in [0.717, 1.165) is 5.69 Å². The molecule has 2 rings (SSSR count). The minimum absolute atomic E-state index is 0.287. The van der Waals surface area contributed by atoms with Crippen molar-refractivity contribution in [3.8, 4) is 5.75 Å². The first kappa shape index (κ1) is 13.9. The largest absolute Gasteiger partial charge is 0.492 e. The molecule has 0 aromatic heterocycles. The highest BCUT2D eigenvalue weighted by Gasteiger charge is 2.01. The lowest BCUT2D eigenvalue weighted by atomic mass is 10.2. The lowest BCUT2D eigenvalue weighted by Crippen LogP contribution is -2.12. The lowest BCUT2D eigenvalue weighted by molar-refractivity contribution is 0.332. The molecule has 100 valence electrons. The maximum Gasteiger partial charge on any atom is 0.137 e. The van der Waals surface area contributed by atoms with Gasteiger partial charge in [0.25, 0.3) is 0 Å². The van der Waals surface area contributed by atoms with Gasteiger partial charge in [0.15, 0.2) is 0 Å². The van der Waals surface area contributed by atoms with Crippen LogP contribution in [0.25, 0.3) is 0 Å². The maximum absolute atomic E-state index is 13.0. The van der Waals surface area contributed by atoms with Crippen LogP contribution in [0.1, 0.15) is 5.56 Å². The number of hydrogen-bond acceptors (Lipinski definition) is 2. The second kappa shape index (κ2) is 6.57. The monoisotopic (exact) mass is 323 g/mol. The second-order valence-electron chi connectivity index (χ2n) is 4.17. The van der Waals surface area contributed by atoms with Crippen LogP contribution in [0.3, 0.4) is 0 Å². The number of ether oxygens (including phenoxy) is 1. The van der Waals surface area contributed by atoms with Crippen molar-refractivity contribution in [2.24, 2.45) is 0 Å². The van der Waals surface area contributed by atoms with Crippen molar-refractivity contribution in [1.82, 2.24) is 0 Å². The number of benzene rings is 2. The molecule has 19 heavy (non-hydrogen) atoms. The smallest absolute Gasteiger partial charge is 0.137 e. The van der Waals surface area contributed by atoms with Crippen LogP contribution >= 0.6 is 15.9 Å². The summed E-state index contributed by atoms with van der Waals surface area (Å²) in [7, 11) is 0. The molecule has 0 aliphatic heterocycles. The Labute approximate surface area is 120 Å². The fourth-order valence-corrected chi connectivity index (χ4v) is 2.05. The molecule has 2 nitrogen and oxygen atoms in total. The number of para-hydroxylation sites is 1. The molecule has 0 radical (unpaired) electrons. The summed E-state index contributed by atoms with van der Waals surface area (Å²) in [6.07, 6.45) is 0. The van der Waals surface area contributed by atoms with Crippen LogP contribution in [0.4, 0.5) is 10.1 Å². The number of nitrogens with one attached hydrogen (secondary N) is 1. The molecule has 0 heterocycles. The van der Waals surface area contributed by atoms with Crippen LogP contribution in [0.2, 0.25) is 0 Å². The quantitative estimate of drug-likeness (QED) is 0.824. The summed E-state index contributed by atoms with van der Waals surface area (Å²) in [5.41, 5.74) is 2.30. The Balaban J connectivity index is 1.81. The van der Waals surface area contributed by atoms with Gasteiger partial charge in [-0.15, -0.1) is 0 Å². The number of anilines is 1. The van der Waals surface area contributed by atoms with Crippen molar-refractivity contribution in [1.29, 1.82) is 0 Å². The molecule has 0 atom stereocenters. The molecule has 0 fully saturated rings. The van der Waals surface area contributed by atoms with Crippen molar-refractivity contribution in [2.45, 2.75) is 6.92 Å². The van der Waals surface area contributed by atoms with Gasteiger partial charge in [0, 0.05) is 12.2 Å². The Hall–Kier alpha value is -1.55. The normalized spacial score (nSPS) is 10.3. The van der Waals surface area contributed by atoms with Crippen LogP contribution in [-0.4, -0.2) is 13.2 Å². The SMILES string of the molecule is Cc1ccccc1NCCOc1ccc(F)c(Br)c1. The number of rotatable bonds is 5. The Morgan fingerprint density at radius 3 is 2.74 bits per heavy atom.